The predicted octanol–water partition coefficient (Wildman–Crippen LogP) is 4.56. The Hall–Kier alpha value is -2.40. The molecular weight excluding hydrogens is 340 g/mol. The van der Waals surface area contributed by atoms with E-state index in [0.717, 1.165) is 16.9 Å². The molecule has 2 aromatic carbocycles. The lowest BCUT2D eigenvalue weighted by atomic mass is 10.2. The molecule has 134 valence electrons. The van der Waals surface area contributed by atoms with E-state index < -0.39 is 0 Å². The second kappa shape index (κ2) is 9.18. The number of anilines is 1. The highest BCUT2D eigenvalue weighted by atomic mass is 35.5. The Bertz CT molecular complexity index is 735. The summed E-state index contributed by atoms with van der Waals surface area (Å²) in [4.78, 5) is 12.0. The molecule has 0 saturated heterocycles. The second-order valence-electron chi connectivity index (χ2n) is 5.65. The molecule has 0 heterocycles. The van der Waals surface area contributed by atoms with E-state index in [2.05, 4.69) is 10.6 Å². The average Bonchev–Trinajstić information content (AvgIpc) is 2.59. The van der Waals surface area contributed by atoms with Gasteiger partial charge in [0.15, 0.2) is 0 Å². The SMILES string of the molecule is COc1cc(Cl)c(C)cc1NC(=O)NCCCOc1ccccc1C. The zero-order valence-corrected chi connectivity index (χ0v) is 15.4. The van der Waals surface area contributed by atoms with E-state index in [1.54, 1.807) is 12.1 Å². The lowest BCUT2D eigenvalue weighted by molar-refractivity contribution is 0.250. The van der Waals surface area contributed by atoms with Crippen LogP contribution in [0.1, 0.15) is 17.5 Å². The molecule has 2 N–H and O–H groups in total. The van der Waals surface area contributed by atoms with Crippen molar-refractivity contribution in [1.82, 2.24) is 5.32 Å². The van der Waals surface area contributed by atoms with Gasteiger partial charge in [-0.3, -0.25) is 0 Å². The topological polar surface area (TPSA) is 59.6 Å². The summed E-state index contributed by atoms with van der Waals surface area (Å²) in [6.45, 7) is 4.91. The maximum Gasteiger partial charge on any atom is 0.319 e. The van der Waals surface area contributed by atoms with Crippen LogP contribution in [0.5, 0.6) is 11.5 Å². The zero-order valence-electron chi connectivity index (χ0n) is 14.7. The van der Waals surface area contributed by atoms with Crippen LogP contribution in [-0.2, 0) is 0 Å². The minimum Gasteiger partial charge on any atom is -0.495 e. The van der Waals surface area contributed by atoms with E-state index in [1.807, 2.05) is 38.1 Å². The maximum absolute atomic E-state index is 12.0. The lowest BCUT2D eigenvalue weighted by Gasteiger charge is -2.13. The average molecular weight is 363 g/mol. The van der Waals surface area contributed by atoms with Crippen molar-refractivity contribution >= 4 is 23.3 Å². The van der Waals surface area contributed by atoms with Gasteiger partial charge in [-0.05, 0) is 43.5 Å². The zero-order chi connectivity index (χ0) is 18.2. The lowest BCUT2D eigenvalue weighted by Crippen LogP contribution is -2.30. The fourth-order valence-electron chi connectivity index (χ4n) is 2.27. The van der Waals surface area contributed by atoms with Crippen LogP contribution in [0.2, 0.25) is 5.02 Å². The van der Waals surface area contributed by atoms with Crippen LogP contribution in [0.4, 0.5) is 10.5 Å². The molecule has 0 saturated carbocycles. The summed E-state index contributed by atoms with van der Waals surface area (Å²) in [6.07, 6.45) is 0.707. The van der Waals surface area contributed by atoms with Gasteiger partial charge in [0, 0.05) is 17.6 Å². The van der Waals surface area contributed by atoms with Crippen LogP contribution >= 0.6 is 11.6 Å². The molecule has 0 bridgehead atoms. The Morgan fingerprint density at radius 1 is 1.12 bits per heavy atom. The van der Waals surface area contributed by atoms with Crippen molar-refractivity contribution in [2.45, 2.75) is 20.3 Å². The van der Waals surface area contributed by atoms with E-state index in [9.17, 15) is 4.79 Å². The van der Waals surface area contributed by atoms with Gasteiger partial charge in [0.05, 0.1) is 19.4 Å². The van der Waals surface area contributed by atoms with Crippen LogP contribution in [0.3, 0.4) is 0 Å². The normalized spacial score (nSPS) is 10.2. The summed E-state index contributed by atoms with van der Waals surface area (Å²) in [5.74, 6) is 1.39. The summed E-state index contributed by atoms with van der Waals surface area (Å²) in [6, 6.07) is 11.0. The number of aryl methyl sites for hydroxylation is 2. The second-order valence-corrected chi connectivity index (χ2v) is 6.06. The number of methoxy groups -OCH3 is 1. The van der Waals surface area contributed by atoms with E-state index in [0.29, 0.717) is 36.0 Å². The molecule has 0 unspecified atom stereocenters. The van der Waals surface area contributed by atoms with E-state index >= 15 is 0 Å². The third-order valence-corrected chi connectivity index (χ3v) is 4.09. The van der Waals surface area contributed by atoms with Crippen molar-refractivity contribution in [3.63, 3.8) is 0 Å². The Kier molecular flexibility index (Phi) is 6.95. The van der Waals surface area contributed by atoms with Crippen molar-refractivity contribution in [3.05, 3.63) is 52.5 Å². The number of rotatable bonds is 7. The third-order valence-electron chi connectivity index (χ3n) is 3.69. The first-order chi connectivity index (χ1) is 12.0. The van der Waals surface area contributed by atoms with E-state index in [4.69, 9.17) is 21.1 Å². The number of hydrogen-bond acceptors (Lipinski definition) is 3. The number of nitrogens with one attached hydrogen (secondary N) is 2. The summed E-state index contributed by atoms with van der Waals surface area (Å²) < 4.78 is 10.9. The summed E-state index contributed by atoms with van der Waals surface area (Å²) in [5.41, 5.74) is 2.54. The molecule has 0 aliphatic carbocycles. The number of hydrogen-bond donors (Lipinski definition) is 2. The van der Waals surface area contributed by atoms with Gasteiger partial charge in [0.2, 0.25) is 0 Å². The molecule has 6 heteroatoms. The van der Waals surface area contributed by atoms with Gasteiger partial charge in [0.1, 0.15) is 11.5 Å². The molecule has 2 amide bonds. The van der Waals surface area contributed by atoms with Gasteiger partial charge in [-0.25, -0.2) is 4.79 Å². The molecular formula is C19H23ClN2O3. The Morgan fingerprint density at radius 3 is 2.60 bits per heavy atom. The predicted molar refractivity (Wildman–Crippen MR) is 101 cm³/mol. The number of halogens is 1. The first kappa shape index (κ1) is 18.9. The molecule has 2 aromatic rings. The van der Waals surface area contributed by atoms with Gasteiger partial charge in [-0.2, -0.15) is 0 Å². The Morgan fingerprint density at radius 2 is 1.88 bits per heavy atom. The number of amides is 2. The van der Waals surface area contributed by atoms with Crippen molar-refractivity contribution < 1.29 is 14.3 Å². The maximum atomic E-state index is 12.0. The minimum absolute atomic E-state index is 0.295. The number of ether oxygens (including phenoxy) is 2. The highest BCUT2D eigenvalue weighted by Crippen LogP contribution is 2.30. The standard InChI is InChI=1S/C19H23ClN2O3/c1-13-7-4-5-8-17(13)25-10-6-9-21-19(23)22-16-11-14(2)15(20)12-18(16)24-3/h4-5,7-8,11-12H,6,9-10H2,1-3H3,(H2,21,22,23). The van der Waals surface area contributed by atoms with Crippen molar-refractivity contribution in [2.75, 3.05) is 25.6 Å². The van der Waals surface area contributed by atoms with Crippen LogP contribution < -0.4 is 20.1 Å². The molecule has 0 aliphatic heterocycles. The largest absolute Gasteiger partial charge is 0.495 e. The first-order valence-corrected chi connectivity index (χ1v) is 8.46. The molecule has 0 fully saturated rings. The number of benzene rings is 2. The minimum atomic E-state index is -0.295. The quantitative estimate of drug-likeness (QED) is 0.710. The van der Waals surface area contributed by atoms with Crippen LogP contribution in [0.25, 0.3) is 0 Å². The summed E-state index contributed by atoms with van der Waals surface area (Å²) in [7, 11) is 1.53. The van der Waals surface area contributed by atoms with Gasteiger partial charge >= 0.3 is 6.03 Å². The number of para-hydroxylation sites is 1. The number of urea groups is 1. The van der Waals surface area contributed by atoms with Crippen LogP contribution in [0.15, 0.2) is 36.4 Å². The third kappa shape index (κ3) is 5.57. The van der Waals surface area contributed by atoms with E-state index in [1.165, 1.54) is 7.11 Å². The highest BCUT2D eigenvalue weighted by Gasteiger charge is 2.10. The van der Waals surface area contributed by atoms with Crippen molar-refractivity contribution in [2.24, 2.45) is 0 Å². The van der Waals surface area contributed by atoms with E-state index in [-0.39, 0.29) is 6.03 Å². The number of carbonyl (C=O) groups excluding carboxylic acids is 1. The molecule has 0 radical (unpaired) electrons. The fraction of sp³-hybridized carbons (Fsp3) is 0.316. The van der Waals surface area contributed by atoms with Crippen molar-refractivity contribution in [1.29, 1.82) is 0 Å². The molecule has 0 spiro atoms. The summed E-state index contributed by atoms with van der Waals surface area (Å²) in [5, 5.41) is 6.17. The molecule has 2 rings (SSSR count). The number of carbonyl (C=O) groups is 1. The molecule has 25 heavy (non-hydrogen) atoms. The molecule has 0 aliphatic rings. The monoisotopic (exact) mass is 362 g/mol. The van der Waals surface area contributed by atoms with Gasteiger partial charge < -0.3 is 20.1 Å². The smallest absolute Gasteiger partial charge is 0.319 e. The fourth-order valence-corrected chi connectivity index (χ4v) is 2.42. The molecule has 0 atom stereocenters. The Balaban J connectivity index is 1.76. The molecule has 5 nitrogen and oxygen atoms in total. The van der Waals surface area contributed by atoms with Gasteiger partial charge in [0.25, 0.3) is 0 Å². The summed E-state index contributed by atoms with van der Waals surface area (Å²) >= 11 is 6.06. The molecule has 0 aromatic heterocycles. The first-order valence-electron chi connectivity index (χ1n) is 8.08. The van der Waals surface area contributed by atoms with Gasteiger partial charge in [-0.1, -0.05) is 29.8 Å². The highest BCUT2D eigenvalue weighted by molar-refractivity contribution is 6.31. The van der Waals surface area contributed by atoms with Crippen LogP contribution in [-0.4, -0.2) is 26.3 Å². The van der Waals surface area contributed by atoms with Gasteiger partial charge in [-0.15, -0.1) is 0 Å². The van der Waals surface area contributed by atoms with Crippen molar-refractivity contribution in [3.8, 4) is 11.5 Å². The Labute approximate surface area is 153 Å². The van der Waals surface area contributed by atoms with Crippen LogP contribution in [0, 0.1) is 13.8 Å².